The van der Waals surface area contributed by atoms with E-state index in [4.69, 9.17) is 0 Å². The Kier molecular flexibility index (Phi) is 7.35. The third-order valence-corrected chi connectivity index (χ3v) is 4.27. The number of aryl methyl sites for hydroxylation is 1. The number of hydrazone groups is 1. The van der Waals surface area contributed by atoms with E-state index in [1.807, 2.05) is 51.1 Å². The first-order chi connectivity index (χ1) is 12.8. The number of rotatable bonds is 7. The molecule has 2 aromatic carbocycles. The zero-order chi connectivity index (χ0) is 19.8. The van der Waals surface area contributed by atoms with Crippen molar-refractivity contribution in [3.05, 3.63) is 70.8 Å². The highest BCUT2D eigenvalue weighted by Gasteiger charge is 2.11. The van der Waals surface area contributed by atoms with E-state index < -0.39 is 0 Å². The van der Waals surface area contributed by atoms with Gasteiger partial charge in [0.05, 0.1) is 6.21 Å². The Morgan fingerprint density at radius 1 is 1.00 bits per heavy atom. The molecule has 0 aromatic heterocycles. The van der Waals surface area contributed by atoms with Gasteiger partial charge in [0.1, 0.15) is 6.04 Å². The number of hydrogen-bond donors (Lipinski definition) is 2. The summed E-state index contributed by atoms with van der Waals surface area (Å²) >= 11 is 0. The van der Waals surface area contributed by atoms with Crippen molar-refractivity contribution in [2.75, 3.05) is 5.32 Å². The topological polar surface area (TPSA) is 53.5 Å². The predicted octanol–water partition coefficient (Wildman–Crippen LogP) is 5.12. The smallest absolute Gasteiger partial charge is 0.262 e. The van der Waals surface area contributed by atoms with E-state index in [9.17, 15) is 4.79 Å². The number of nitrogens with zero attached hydrogens (tertiary/aromatic N) is 1. The molecule has 2 rings (SSSR count). The maximum absolute atomic E-state index is 12.1. The van der Waals surface area contributed by atoms with Crippen LogP contribution in [0.25, 0.3) is 6.08 Å². The van der Waals surface area contributed by atoms with E-state index in [2.05, 4.69) is 54.0 Å². The van der Waals surface area contributed by atoms with Crippen molar-refractivity contribution in [1.29, 1.82) is 0 Å². The number of benzene rings is 2. The van der Waals surface area contributed by atoms with Crippen LogP contribution in [0.1, 0.15) is 50.3 Å². The molecule has 4 heteroatoms. The van der Waals surface area contributed by atoms with Gasteiger partial charge in [-0.05, 0) is 55.5 Å². The van der Waals surface area contributed by atoms with Crippen molar-refractivity contribution in [2.24, 2.45) is 5.10 Å². The molecule has 0 radical (unpaired) electrons. The number of allylic oxidation sites excluding steroid dienone is 1. The maximum atomic E-state index is 12.1. The van der Waals surface area contributed by atoms with Crippen molar-refractivity contribution >= 4 is 23.9 Å². The van der Waals surface area contributed by atoms with Crippen molar-refractivity contribution < 1.29 is 4.79 Å². The molecule has 0 spiro atoms. The fourth-order valence-corrected chi connectivity index (χ4v) is 2.54. The minimum atomic E-state index is -0.377. The number of carbonyl (C=O) groups excluding carboxylic acids is 1. The average Bonchev–Trinajstić information content (AvgIpc) is 2.64. The molecule has 4 nitrogen and oxygen atoms in total. The van der Waals surface area contributed by atoms with Crippen LogP contribution in [-0.2, 0) is 4.79 Å². The molecule has 1 atom stereocenters. The molecular formula is C23H29N3O. The van der Waals surface area contributed by atoms with Crippen LogP contribution < -0.4 is 10.7 Å². The largest absolute Gasteiger partial charge is 0.374 e. The molecule has 0 aliphatic rings. The Hall–Kier alpha value is -2.88. The van der Waals surface area contributed by atoms with E-state index in [1.54, 1.807) is 6.21 Å². The second-order valence-corrected chi connectivity index (χ2v) is 7.18. The third kappa shape index (κ3) is 6.74. The molecule has 0 heterocycles. The standard InChI is InChI=1S/C23H29N3O/c1-16(2)21-10-8-20(9-11-21)14-18(4)15-24-26-23(27)19(5)25-22-12-6-17(3)7-13-22/h6-16,19,25H,1-5H3,(H,26,27)/b18-14-,24-15+. The first kappa shape index (κ1) is 20.4. The summed E-state index contributed by atoms with van der Waals surface area (Å²) in [4.78, 5) is 12.1. The molecule has 0 aliphatic carbocycles. The monoisotopic (exact) mass is 363 g/mol. The Morgan fingerprint density at radius 3 is 2.22 bits per heavy atom. The zero-order valence-corrected chi connectivity index (χ0v) is 16.8. The van der Waals surface area contributed by atoms with Crippen molar-refractivity contribution in [1.82, 2.24) is 5.43 Å². The second-order valence-electron chi connectivity index (χ2n) is 7.18. The molecule has 0 aliphatic heterocycles. The van der Waals surface area contributed by atoms with E-state index in [-0.39, 0.29) is 11.9 Å². The molecule has 27 heavy (non-hydrogen) atoms. The van der Waals surface area contributed by atoms with Gasteiger partial charge in [-0.1, -0.05) is 61.9 Å². The minimum absolute atomic E-state index is 0.180. The highest BCUT2D eigenvalue weighted by atomic mass is 16.2. The van der Waals surface area contributed by atoms with Gasteiger partial charge in [0.2, 0.25) is 0 Å². The van der Waals surface area contributed by atoms with Gasteiger partial charge in [-0.15, -0.1) is 0 Å². The highest BCUT2D eigenvalue weighted by Crippen LogP contribution is 2.16. The molecule has 2 aromatic rings. The predicted molar refractivity (Wildman–Crippen MR) is 115 cm³/mol. The Bertz CT molecular complexity index is 803. The van der Waals surface area contributed by atoms with Crippen LogP contribution in [0, 0.1) is 6.92 Å². The number of carbonyl (C=O) groups is 1. The van der Waals surface area contributed by atoms with Gasteiger partial charge in [0.15, 0.2) is 0 Å². The summed E-state index contributed by atoms with van der Waals surface area (Å²) in [5.74, 6) is 0.345. The first-order valence-corrected chi connectivity index (χ1v) is 9.29. The Morgan fingerprint density at radius 2 is 1.63 bits per heavy atom. The van der Waals surface area contributed by atoms with Gasteiger partial charge in [-0.25, -0.2) is 5.43 Å². The molecule has 0 fully saturated rings. The number of amides is 1. The SMILES string of the molecule is CC(=C/c1ccc(C(C)C)cc1)/C=N/NC(=O)C(C)Nc1ccc(C)cc1. The van der Waals surface area contributed by atoms with Crippen molar-refractivity contribution in [3.63, 3.8) is 0 Å². The molecule has 0 saturated heterocycles. The zero-order valence-electron chi connectivity index (χ0n) is 16.8. The van der Waals surface area contributed by atoms with E-state index in [1.165, 1.54) is 11.1 Å². The highest BCUT2D eigenvalue weighted by molar-refractivity contribution is 5.88. The molecule has 0 saturated carbocycles. The summed E-state index contributed by atoms with van der Waals surface area (Å²) in [6, 6.07) is 16.0. The van der Waals surface area contributed by atoms with Gasteiger partial charge < -0.3 is 5.32 Å². The van der Waals surface area contributed by atoms with E-state index >= 15 is 0 Å². The van der Waals surface area contributed by atoms with Crippen LogP contribution in [0.3, 0.4) is 0 Å². The van der Waals surface area contributed by atoms with Crippen LogP contribution in [0.15, 0.2) is 59.2 Å². The van der Waals surface area contributed by atoms with Gasteiger partial charge >= 0.3 is 0 Å². The quantitative estimate of drug-likeness (QED) is 0.529. The fraction of sp³-hybridized carbons (Fsp3) is 0.304. The summed E-state index contributed by atoms with van der Waals surface area (Å²) in [6.07, 6.45) is 3.70. The summed E-state index contributed by atoms with van der Waals surface area (Å²) in [7, 11) is 0. The maximum Gasteiger partial charge on any atom is 0.262 e. The van der Waals surface area contributed by atoms with Crippen LogP contribution in [-0.4, -0.2) is 18.2 Å². The van der Waals surface area contributed by atoms with Crippen LogP contribution in [0.2, 0.25) is 0 Å². The summed E-state index contributed by atoms with van der Waals surface area (Å²) in [5.41, 5.74) is 8.08. The van der Waals surface area contributed by atoms with Crippen LogP contribution in [0.5, 0.6) is 0 Å². The lowest BCUT2D eigenvalue weighted by Crippen LogP contribution is -2.34. The first-order valence-electron chi connectivity index (χ1n) is 9.29. The Balaban J connectivity index is 1.87. The van der Waals surface area contributed by atoms with Crippen molar-refractivity contribution in [3.8, 4) is 0 Å². The minimum Gasteiger partial charge on any atom is -0.374 e. The lowest BCUT2D eigenvalue weighted by atomic mass is 10.0. The molecule has 0 bridgehead atoms. The lowest BCUT2D eigenvalue weighted by Gasteiger charge is -2.13. The van der Waals surface area contributed by atoms with Crippen molar-refractivity contribution in [2.45, 2.75) is 46.6 Å². The van der Waals surface area contributed by atoms with E-state index in [0.717, 1.165) is 16.8 Å². The molecule has 1 unspecified atom stereocenters. The second kappa shape index (κ2) is 9.72. The van der Waals surface area contributed by atoms with Gasteiger partial charge in [0.25, 0.3) is 5.91 Å². The van der Waals surface area contributed by atoms with Gasteiger partial charge in [-0.2, -0.15) is 5.10 Å². The van der Waals surface area contributed by atoms with Crippen LogP contribution >= 0.6 is 0 Å². The average molecular weight is 364 g/mol. The van der Waals surface area contributed by atoms with Gasteiger partial charge in [-0.3, -0.25) is 4.79 Å². The third-order valence-electron chi connectivity index (χ3n) is 4.27. The fourth-order valence-electron chi connectivity index (χ4n) is 2.54. The number of hydrogen-bond acceptors (Lipinski definition) is 3. The normalized spacial score (nSPS) is 13.0. The number of nitrogens with one attached hydrogen (secondary N) is 2. The summed E-state index contributed by atoms with van der Waals surface area (Å²) in [6.45, 7) is 10.2. The molecule has 2 N–H and O–H groups in total. The van der Waals surface area contributed by atoms with Crippen LogP contribution in [0.4, 0.5) is 5.69 Å². The van der Waals surface area contributed by atoms with E-state index in [0.29, 0.717) is 5.92 Å². The van der Waals surface area contributed by atoms with Gasteiger partial charge in [0, 0.05) is 5.69 Å². The lowest BCUT2D eigenvalue weighted by molar-refractivity contribution is -0.121. The molecule has 1 amide bonds. The molecule has 142 valence electrons. The summed E-state index contributed by atoms with van der Waals surface area (Å²) < 4.78 is 0. The number of anilines is 1. The Labute approximate surface area is 162 Å². The molecular weight excluding hydrogens is 334 g/mol. The summed E-state index contributed by atoms with van der Waals surface area (Å²) in [5, 5.41) is 7.22.